The quantitative estimate of drug-likeness (QED) is 0.179. The highest BCUT2D eigenvalue weighted by Crippen LogP contribution is 2.55. The minimum Gasteiger partial charge on any atom is -0.256 e. The SMILES string of the molecule is Cc1cc2c(cc1-c1ccc3c(c1)C(C)(C)c1cc(-c4cc5c(cc4C)-c4cc(C)c(-c6ccccn6)cc4C5(C)C)ccc1-3)C(C)(C)c1ccccc1-2. The Hall–Kier alpha value is -5.53. The molecule has 3 aliphatic carbocycles. The lowest BCUT2D eigenvalue weighted by molar-refractivity contribution is 0.659. The summed E-state index contributed by atoms with van der Waals surface area (Å²) in [6.45, 7) is 21.1. The van der Waals surface area contributed by atoms with E-state index in [2.05, 4.69) is 172 Å². The molecule has 7 aromatic rings. The maximum atomic E-state index is 4.70. The topological polar surface area (TPSA) is 12.9 Å². The molecule has 1 heteroatoms. The molecule has 10 rings (SSSR count). The van der Waals surface area contributed by atoms with Crippen LogP contribution in [-0.2, 0) is 16.2 Å². The second kappa shape index (κ2) is 11.0. The van der Waals surface area contributed by atoms with Crippen LogP contribution in [0.25, 0.3) is 66.9 Å². The van der Waals surface area contributed by atoms with Gasteiger partial charge in [0.05, 0.1) is 5.69 Å². The summed E-state index contributed by atoms with van der Waals surface area (Å²) < 4.78 is 0. The highest BCUT2D eigenvalue weighted by molar-refractivity contribution is 5.91. The minimum atomic E-state index is -0.129. The van der Waals surface area contributed by atoms with Gasteiger partial charge in [-0.1, -0.05) is 114 Å². The molecule has 264 valence electrons. The van der Waals surface area contributed by atoms with Crippen LogP contribution in [0.4, 0.5) is 0 Å². The zero-order valence-electron chi connectivity index (χ0n) is 33.0. The van der Waals surface area contributed by atoms with Crippen molar-refractivity contribution in [2.75, 3.05) is 0 Å². The largest absolute Gasteiger partial charge is 0.256 e. The van der Waals surface area contributed by atoms with Crippen LogP contribution >= 0.6 is 0 Å². The van der Waals surface area contributed by atoms with Crippen molar-refractivity contribution in [1.82, 2.24) is 4.98 Å². The molecule has 0 aliphatic heterocycles. The molecule has 0 unspecified atom stereocenters. The van der Waals surface area contributed by atoms with Crippen LogP contribution in [-0.4, -0.2) is 4.98 Å². The van der Waals surface area contributed by atoms with Crippen molar-refractivity contribution in [1.29, 1.82) is 0 Å². The molecule has 0 fully saturated rings. The summed E-state index contributed by atoms with van der Waals surface area (Å²) in [5, 5.41) is 0. The fourth-order valence-corrected chi connectivity index (χ4v) is 10.4. The molecule has 1 heterocycles. The monoisotopic (exact) mass is 697 g/mol. The van der Waals surface area contributed by atoms with Gasteiger partial charge in [-0.2, -0.15) is 0 Å². The summed E-state index contributed by atoms with van der Waals surface area (Å²) in [5.41, 5.74) is 27.8. The van der Waals surface area contributed by atoms with Crippen molar-refractivity contribution >= 4 is 0 Å². The molecule has 0 amide bonds. The number of fused-ring (bicyclic) bond motifs is 9. The van der Waals surface area contributed by atoms with Crippen molar-refractivity contribution in [3.8, 4) is 66.9 Å². The fraction of sp³-hybridized carbons (Fsp3) is 0.226. The average molecular weight is 698 g/mol. The van der Waals surface area contributed by atoms with E-state index in [1.807, 2.05) is 12.3 Å². The summed E-state index contributed by atoms with van der Waals surface area (Å²) in [7, 11) is 0. The van der Waals surface area contributed by atoms with Crippen molar-refractivity contribution in [2.45, 2.75) is 78.6 Å². The maximum Gasteiger partial charge on any atom is 0.0704 e. The Morgan fingerprint density at radius 2 is 0.741 bits per heavy atom. The van der Waals surface area contributed by atoms with Crippen LogP contribution in [0.15, 0.2) is 121 Å². The number of hydrogen-bond donors (Lipinski definition) is 0. The lowest BCUT2D eigenvalue weighted by atomic mass is 9.78. The van der Waals surface area contributed by atoms with Crippen molar-refractivity contribution in [3.05, 3.63) is 172 Å². The molecular weight excluding hydrogens is 651 g/mol. The maximum absolute atomic E-state index is 4.70. The van der Waals surface area contributed by atoms with E-state index in [4.69, 9.17) is 4.98 Å². The van der Waals surface area contributed by atoms with E-state index in [1.165, 1.54) is 111 Å². The first-order chi connectivity index (χ1) is 25.8. The molecule has 1 aromatic heterocycles. The van der Waals surface area contributed by atoms with Gasteiger partial charge in [0.1, 0.15) is 0 Å². The second-order valence-corrected chi connectivity index (χ2v) is 17.8. The molecule has 0 saturated carbocycles. The van der Waals surface area contributed by atoms with Gasteiger partial charge in [0, 0.05) is 28.0 Å². The Balaban J connectivity index is 1.03. The van der Waals surface area contributed by atoms with Crippen LogP contribution < -0.4 is 0 Å². The number of pyridine rings is 1. The van der Waals surface area contributed by atoms with E-state index >= 15 is 0 Å². The van der Waals surface area contributed by atoms with Crippen molar-refractivity contribution in [2.24, 2.45) is 0 Å². The highest BCUT2D eigenvalue weighted by atomic mass is 14.7. The van der Waals surface area contributed by atoms with Gasteiger partial charge in [-0.15, -0.1) is 0 Å². The predicted octanol–water partition coefficient (Wildman–Crippen LogP) is 13.9. The lowest BCUT2D eigenvalue weighted by Crippen LogP contribution is -2.16. The van der Waals surface area contributed by atoms with Crippen LogP contribution in [0.5, 0.6) is 0 Å². The summed E-state index contributed by atoms with van der Waals surface area (Å²) in [6.07, 6.45) is 1.89. The first-order valence-corrected chi connectivity index (χ1v) is 19.5. The molecule has 54 heavy (non-hydrogen) atoms. The highest BCUT2D eigenvalue weighted by Gasteiger charge is 2.40. The third-order valence-corrected chi connectivity index (χ3v) is 13.5. The van der Waals surface area contributed by atoms with Gasteiger partial charge in [0.15, 0.2) is 0 Å². The number of aromatic nitrogens is 1. The minimum absolute atomic E-state index is 0.0216. The molecule has 0 radical (unpaired) electrons. The number of aryl methyl sites for hydroxylation is 3. The van der Waals surface area contributed by atoms with Crippen molar-refractivity contribution < 1.29 is 0 Å². The van der Waals surface area contributed by atoms with Gasteiger partial charge in [0.25, 0.3) is 0 Å². The first kappa shape index (κ1) is 33.1. The van der Waals surface area contributed by atoms with E-state index in [0.717, 1.165) is 5.69 Å². The van der Waals surface area contributed by atoms with Crippen LogP contribution in [0, 0.1) is 20.8 Å². The Labute approximate surface area is 320 Å². The summed E-state index contributed by atoms with van der Waals surface area (Å²) in [6, 6.07) is 44.2. The number of rotatable bonds is 3. The standard InChI is InChI=1S/C53H47N/c1-30-22-41-35-14-10-11-15-44(35)51(4,5)47(41)27-38(30)33-17-19-36-37-20-18-34(26-46(37)52(6,7)45(36)25-33)39-28-48-42(23-31(39)2)43-24-32(3)40(29-49(43)53(48,8)9)50-16-12-13-21-54-50/h10-29H,1-9H3. The third kappa shape index (κ3) is 4.42. The van der Waals surface area contributed by atoms with E-state index in [1.54, 1.807) is 0 Å². The molecule has 0 saturated heterocycles. The molecule has 6 aromatic carbocycles. The van der Waals surface area contributed by atoms with Gasteiger partial charge in [0.2, 0.25) is 0 Å². The van der Waals surface area contributed by atoms with Gasteiger partial charge >= 0.3 is 0 Å². The third-order valence-electron chi connectivity index (χ3n) is 13.5. The zero-order valence-corrected chi connectivity index (χ0v) is 33.0. The summed E-state index contributed by atoms with van der Waals surface area (Å²) in [4.78, 5) is 4.70. The molecule has 0 atom stereocenters. The normalized spacial score (nSPS) is 15.9. The predicted molar refractivity (Wildman–Crippen MR) is 227 cm³/mol. The van der Waals surface area contributed by atoms with Crippen molar-refractivity contribution in [3.63, 3.8) is 0 Å². The molecule has 0 spiro atoms. The fourth-order valence-electron chi connectivity index (χ4n) is 10.4. The summed E-state index contributed by atoms with van der Waals surface area (Å²) >= 11 is 0. The van der Waals surface area contributed by atoms with Gasteiger partial charge in [-0.3, -0.25) is 4.98 Å². The Kier molecular flexibility index (Phi) is 6.75. The molecule has 0 bridgehead atoms. The average Bonchev–Trinajstić information content (AvgIpc) is 3.62. The lowest BCUT2D eigenvalue weighted by Gasteiger charge is -2.25. The van der Waals surface area contributed by atoms with Crippen LogP contribution in [0.3, 0.4) is 0 Å². The molecular formula is C53H47N. The summed E-state index contributed by atoms with van der Waals surface area (Å²) in [5.74, 6) is 0. The zero-order chi connectivity index (χ0) is 37.5. The van der Waals surface area contributed by atoms with E-state index in [9.17, 15) is 0 Å². The van der Waals surface area contributed by atoms with Gasteiger partial charge in [-0.05, 0) is 169 Å². The number of benzene rings is 6. The van der Waals surface area contributed by atoms with Gasteiger partial charge in [-0.25, -0.2) is 0 Å². The Bertz CT molecular complexity index is 2750. The van der Waals surface area contributed by atoms with E-state index in [0.29, 0.717) is 0 Å². The molecule has 1 nitrogen and oxygen atoms in total. The van der Waals surface area contributed by atoms with Crippen LogP contribution in [0.1, 0.15) is 91.6 Å². The molecule has 0 N–H and O–H groups in total. The van der Waals surface area contributed by atoms with E-state index < -0.39 is 0 Å². The molecule has 3 aliphatic rings. The number of nitrogens with zero attached hydrogens (tertiary/aromatic N) is 1. The smallest absolute Gasteiger partial charge is 0.0704 e. The van der Waals surface area contributed by atoms with E-state index in [-0.39, 0.29) is 16.2 Å². The number of hydrogen-bond acceptors (Lipinski definition) is 1. The Morgan fingerprint density at radius 1 is 0.333 bits per heavy atom. The van der Waals surface area contributed by atoms with Crippen LogP contribution in [0.2, 0.25) is 0 Å². The Morgan fingerprint density at radius 3 is 1.26 bits per heavy atom. The first-order valence-electron chi connectivity index (χ1n) is 19.5. The second-order valence-electron chi connectivity index (χ2n) is 17.8. The van der Waals surface area contributed by atoms with Gasteiger partial charge < -0.3 is 0 Å².